The van der Waals surface area contributed by atoms with Gasteiger partial charge in [0.25, 0.3) is 5.91 Å². The topological polar surface area (TPSA) is 79.0 Å². The number of rotatable bonds is 9. The Labute approximate surface area is 185 Å². The van der Waals surface area contributed by atoms with Crippen molar-refractivity contribution in [1.29, 1.82) is 0 Å². The van der Waals surface area contributed by atoms with Gasteiger partial charge in [-0.15, -0.1) is 0 Å². The van der Waals surface area contributed by atoms with E-state index in [1.54, 1.807) is 17.0 Å². The lowest BCUT2D eigenvalue weighted by atomic mass is 10.2. The summed E-state index contributed by atoms with van der Waals surface area (Å²) in [6, 6.07) is 16.3. The maximum absolute atomic E-state index is 12.7. The lowest BCUT2D eigenvalue weighted by Crippen LogP contribution is -2.47. The summed E-state index contributed by atoms with van der Waals surface area (Å²) < 4.78 is 33.8. The molecule has 0 spiro atoms. The molecule has 0 bridgehead atoms. The molecule has 168 valence electrons. The Bertz CT molecular complexity index is 945. The van der Waals surface area contributed by atoms with E-state index in [1.807, 2.05) is 32.0 Å². The highest BCUT2D eigenvalue weighted by atomic mass is 32.2. The van der Waals surface area contributed by atoms with Crippen LogP contribution >= 0.6 is 0 Å². The van der Waals surface area contributed by atoms with Crippen LogP contribution in [0.2, 0.25) is 0 Å². The summed E-state index contributed by atoms with van der Waals surface area (Å²) in [5, 5.41) is 0. The highest BCUT2D eigenvalue weighted by molar-refractivity contribution is 7.89. The first-order valence-electron chi connectivity index (χ1n) is 10.7. The van der Waals surface area contributed by atoms with E-state index in [-0.39, 0.29) is 23.5 Å². The predicted molar refractivity (Wildman–Crippen MR) is 120 cm³/mol. The molecule has 1 N–H and O–H groups in total. The normalized spacial score (nSPS) is 17.4. The fourth-order valence-electron chi connectivity index (χ4n) is 3.65. The number of hydrogen-bond acceptors (Lipinski definition) is 5. The highest BCUT2D eigenvalue weighted by Crippen LogP contribution is 2.14. The Morgan fingerprint density at radius 1 is 1.10 bits per heavy atom. The van der Waals surface area contributed by atoms with Crippen molar-refractivity contribution in [3.8, 4) is 0 Å². The molecule has 1 unspecified atom stereocenters. The molecule has 1 saturated heterocycles. The van der Waals surface area contributed by atoms with Gasteiger partial charge in [-0.3, -0.25) is 9.69 Å². The van der Waals surface area contributed by atoms with Gasteiger partial charge in [-0.2, -0.15) is 0 Å². The summed E-state index contributed by atoms with van der Waals surface area (Å²) in [7, 11) is -3.68. The van der Waals surface area contributed by atoms with Crippen molar-refractivity contribution in [2.75, 3.05) is 39.3 Å². The molecular weight excluding hydrogens is 414 g/mol. The van der Waals surface area contributed by atoms with Crippen LogP contribution in [0, 0.1) is 0 Å². The van der Waals surface area contributed by atoms with Crippen molar-refractivity contribution in [3.05, 3.63) is 65.7 Å². The molecule has 1 fully saturated rings. The molecule has 7 nitrogen and oxygen atoms in total. The first kappa shape index (κ1) is 23.4. The van der Waals surface area contributed by atoms with Crippen LogP contribution in [-0.2, 0) is 21.3 Å². The van der Waals surface area contributed by atoms with Gasteiger partial charge >= 0.3 is 0 Å². The summed E-state index contributed by atoms with van der Waals surface area (Å²) >= 11 is 0. The zero-order valence-electron chi connectivity index (χ0n) is 18.2. The minimum absolute atomic E-state index is 0.101. The number of hydrogen-bond donors (Lipinski definition) is 1. The molecule has 0 aliphatic carbocycles. The van der Waals surface area contributed by atoms with Crippen LogP contribution in [-0.4, -0.2) is 69.6 Å². The minimum Gasteiger partial charge on any atom is -0.374 e. The van der Waals surface area contributed by atoms with Crippen molar-refractivity contribution in [3.63, 3.8) is 0 Å². The molecule has 2 aromatic carbocycles. The van der Waals surface area contributed by atoms with Crippen molar-refractivity contribution < 1.29 is 17.9 Å². The van der Waals surface area contributed by atoms with Gasteiger partial charge in [0.1, 0.15) is 0 Å². The van der Waals surface area contributed by atoms with Crippen LogP contribution in [0.1, 0.15) is 29.8 Å². The summed E-state index contributed by atoms with van der Waals surface area (Å²) in [4.78, 5) is 16.5. The molecule has 1 aliphatic rings. The van der Waals surface area contributed by atoms with Gasteiger partial charge in [0, 0.05) is 44.8 Å². The van der Waals surface area contributed by atoms with Gasteiger partial charge in [0.05, 0.1) is 17.6 Å². The van der Waals surface area contributed by atoms with E-state index in [1.165, 1.54) is 17.7 Å². The first-order valence-corrected chi connectivity index (χ1v) is 12.2. The number of sulfonamides is 1. The number of carbonyl (C=O) groups excluding carboxylic acids is 1. The second-order valence-electron chi connectivity index (χ2n) is 7.57. The molecule has 2 aromatic rings. The highest BCUT2D eigenvalue weighted by Gasteiger charge is 2.23. The largest absolute Gasteiger partial charge is 0.374 e. The van der Waals surface area contributed by atoms with E-state index in [0.29, 0.717) is 31.8 Å². The van der Waals surface area contributed by atoms with Gasteiger partial charge in [0.15, 0.2) is 0 Å². The maximum Gasteiger partial charge on any atom is 0.253 e. The van der Waals surface area contributed by atoms with Crippen LogP contribution in [0.15, 0.2) is 59.5 Å². The smallest absolute Gasteiger partial charge is 0.253 e. The van der Waals surface area contributed by atoms with E-state index in [9.17, 15) is 13.2 Å². The second kappa shape index (κ2) is 10.9. The van der Waals surface area contributed by atoms with Crippen LogP contribution in [0.4, 0.5) is 0 Å². The molecule has 1 heterocycles. The maximum atomic E-state index is 12.7. The number of benzene rings is 2. The van der Waals surface area contributed by atoms with E-state index in [4.69, 9.17) is 4.74 Å². The van der Waals surface area contributed by atoms with E-state index < -0.39 is 10.0 Å². The standard InChI is InChI=1S/C23H31N3O4S/c1-3-26(4-2)23(27)20-10-12-22(13-11-20)31(28,29)24-16-21-18-25(14-15-30-21)17-19-8-6-5-7-9-19/h5-13,21,24H,3-4,14-18H2,1-2H3. The molecule has 1 atom stereocenters. The molecule has 0 radical (unpaired) electrons. The van der Waals surface area contributed by atoms with Crippen LogP contribution in [0.25, 0.3) is 0 Å². The van der Waals surface area contributed by atoms with Gasteiger partial charge < -0.3 is 9.64 Å². The van der Waals surface area contributed by atoms with E-state index in [2.05, 4.69) is 21.8 Å². The predicted octanol–water partition coefficient (Wildman–Crippen LogP) is 2.35. The quantitative estimate of drug-likeness (QED) is 0.641. The van der Waals surface area contributed by atoms with E-state index >= 15 is 0 Å². The monoisotopic (exact) mass is 445 g/mol. The Kier molecular flexibility index (Phi) is 8.20. The molecular formula is C23H31N3O4S. The lowest BCUT2D eigenvalue weighted by Gasteiger charge is -2.33. The van der Waals surface area contributed by atoms with Crippen LogP contribution in [0.5, 0.6) is 0 Å². The van der Waals surface area contributed by atoms with Gasteiger partial charge in [-0.05, 0) is 43.7 Å². The number of ether oxygens (including phenoxy) is 1. The van der Waals surface area contributed by atoms with Crippen molar-refractivity contribution in [2.45, 2.75) is 31.4 Å². The van der Waals surface area contributed by atoms with E-state index in [0.717, 1.165) is 13.1 Å². The van der Waals surface area contributed by atoms with Gasteiger partial charge in [0.2, 0.25) is 10.0 Å². The Morgan fingerprint density at radius 2 is 1.77 bits per heavy atom. The van der Waals surface area contributed by atoms with Crippen molar-refractivity contribution in [1.82, 2.24) is 14.5 Å². The van der Waals surface area contributed by atoms with Gasteiger partial charge in [-0.1, -0.05) is 30.3 Å². The number of nitrogens with zero attached hydrogens (tertiary/aromatic N) is 2. The third-order valence-electron chi connectivity index (χ3n) is 5.44. The Balaban J connectivity index is 1.56. The summed E-state index contributed by atoms with van der Waals surface area (Å²) in [6.45, 7) is 8.12. The number of amides is 1. The molecule has 0 saturated carbocycles. The number of morpholine rings is 1. The molecule has 8 heteroatoms. The molecule has 1 aliphatic heterocycles. The molecule has 0 aromatic heterocycles. The van der Waals surface area contributed by atoms with Crippen LogP contribution < -0.4 is 4.72 Å². The van der Waals surface area contributed by atoms with Crippen molar-refractivity contribution in [2.24, 2.45) is 0 Å². The van der Waals surface area contributed by atoms with Crippen molar-refractivity contribution >= 4 is 15.9 Å². The molecule has 31 heavy (non-hydrogen) atoms. The zero-order chi connectivity index (χ0) is 22.3. The van der Waals surface area contributed by atoms with Gasteiger partial charge in [-0.25, -0.2) is 13.1 Å². The average Bonchev–Trinajstić information content (AvgIpc) is 2.79. The Hall–Kier alpha value is -2.26. The zero-order valence-corrected chi connectivity index (χ0v) is 19.0. The Morgan fingerprint density at radius 3 is 2.42 bits per heavy atom. The lowest BCUT2D eigenvalue weighted by molar-refractivity contribution is -0.0276. The summed E-state index contributed by atoms with van der Waals surface area (Å²) in [5.41, 5.74) is 1.71. The van der Waals surface area contributed by atoms with Crippen LogP contribution in [0.3, 0.4) is 0 Å². The third-order valence-corrected chi connectivity index (χ3v) is 6.87. The fourth-order valence-corrected chi connectivity index (χ4v) is 4.71. The second-order valence-corrected chi connectivity index (χ2v) is 9.33. The fraction of sp³-hybridized carbons (Fsp3) is 0.435. The summed E-state index contributed by atoms with van der Waals surface area (Å²) in [6.07, 6.45) is -0.212. The first-order chi connectivity index (χ1) is 14.9. The molecule has 1 amide bonds. The summed E-state index contributed by atoms with van der Waals surface area (Å²) in [5.74, 6) is -0.101. The minimum atomic E-state index is -3.68. The number of nitrogens with one attached hydrogen (secondary N) is 1. The SMILES string of the molecule is CCN(CC)C(=O)c1ccc(S(=O)(=O)NCC2CN(Cc3ccccc3)CCO2)cc1. The third kappa shape index (κ3) is 6.36. The number of carbonyl (C=O) groups is 1. The average molecular weight is 446 g/mol. The molecule has 3 rings (SSSR count).